The molecule has 2 aliphatic rings. The molecule has 2 aliphatic carbocycles. The molecule has 0 N–H and O–H groups in total. The number of allylic oxidation sites excluding steroid dienone is 1. The highest BCUT2D eigenvalue weighted by atomic mass is 35.6. The molecule has 1 aromatic heterocycles. The van der Waals surface area contributed by atoms with E-state index < -0.39 is 3.79 Å². The largest absolute Gasteiger partial charge is 0.439 e. The van der Waals surface area contributed by atoms with Gasteiger partial charge in [0.25, 0.3) is 0 Å². The molecule has 6 heteroatoms. The van der Waals surface area contributed by atoms with Gasteiger partial charge in [-0.05, 0) is 50.5 Å². The molecule has 134 valence electrons. The van der Waals surface area contributed by atoms with Crippen molar-refractivity contribution in [2.45, 2.75) is 67.5 Å². The fourth-order valence-corrected chi connectivity index (χ4v) is 4.66. The Morgan fingerprint density at radius 3 is 2.25 bits per heavy atom. The van der Waals surface area contributed by atoms with Crippen molar-refractivity contribution in [2.75, 3.05) is 0 Å². The van der Waals surface area contributed by atoms with Gasteiger partial charge in [0.15, 0.2) is 20.6 Å². The van der Waals surface area contributed by atoms with Crippen molar-refractivity contribution in [1.82, 2.24) is 4.98 Å². The van der Waals surface area contributed by atoms with Crippen molar-refractivity contribution >= 4 is 52.5 Å². The number of hydrogen-bond donors (Lipinski definition) is 0. The Morgan fingerprint density at radius 2 is 1.62 bits per heavy atom. The molecule has 0 aliphatic heterocycles. The standard InChI is InChI=1S/C18H23Cl4NO/c19-16-15(11-6-12-4-2-1-3-5-12)24-17(23-16)13-7-9-14(10-8-13)18(20,21)22/h6,11-14H,1-5,7-10H2/b11-6+. The number of halogens is 4. The van der Waals surface area contributed by atoms with Crippen molar-refractivity contribution in [2.24, 2.45) is 11.8 Å². The van der Waals surface area contributed by atoms with Gasteiger partial charge in [-0.3, -0.25) is 0 Å². The number of alkyl halides is 3. The second-order valence-electron chi connectivity index (χ2n) is 7.05. The van der Waals surface area contributed by atoms with Crippen LogP contribution < -0.4 is 0 Å². The fourth-order valence-electron chi connectivity index (χ4n) is 3.82. The van der Waals surface area contributed by atoms with E-state index in [0.717, 1.165) is 31.6 Å². The monoisotopic (exact) mass is 409 g/mol. The summed E-state index contributed by atoms with van der Waals surface area (Å²) in [7, 11) is 0. The van der Waals surface area contributed by atoms with Gasteiger partial charge in [0.1, 0.15) is 0 Å². The molecule has 2 fully saturated rings. The first-order chi connectivity index (χ1) is 11.4. The summed E-state index contributed by atoms with van der Waals surface area (Å²) >= 11 is 24.3. The highest BCUT2D eigenvalue weighted by molar-refractivity contribution is 6.67. The van der Waals surface area contributed by atoms with Gasteiger partial charge in [0.2, 0.25) is 0 Å². The first-order valence-corrected chi connectivity index (χ1v) is 10.4. The van der Waals surface area contributed by atoms with Crippen LogP contribution in [0.25, 0.3) is 6.08 Å². The molecule has 2 saturated carbocycles. The molecule has 0 amide bonds. The van der Waals surface area contributed by atoms with Crippen LogP contribution in [0.2, 0.25) is 5.15 Å². The highest BCUT2D eigenvalue weighted by Gasteiger charge is 2.37. The Labute approximate surface area is 163 Å². The average Bonchev–Trinajstić information content (AvgIpc) is 2.94. The predicted molar refractivity (Wildman–Crippen MR) is 102 cm³/mol. The van der Waals surface area contributed by atoms with E-state index in [9.17, 15) is 0 Å². The van der Waals surface area contributed by atoms with Gasteiger partial charge in [0.05, 0.1) is 0 Å². The zero-order valence-corrected chi connectivity index (χ0v) is 16.6. The molecule has 1 heterocycles. The highest BCUT2D eigenvalue weighted by Crippen LogP contribution is 2.46. The zero-order chi connectivity index (χ0) is 17.2. The Bertz CT molecular complexity index is 564. The van der Waals surface area contributed by atoms with Gasteiger partial charge in [-0.15, -0.1) is 0 Å². The van der Waals surface area contributed by atoms with Crippen molar-refractivity contribution in [3.63, 3.8) is 0 Å². The molecule has 0 saturated heterocycles. The summed E-state index contributed by atoms with van der Waals surface area (Å²) in [6, 6.07) is 0. The summed E-state index contributed by atoms with van der Waals surface area (Å²) in [6.07, 6.45) is 14.3. The Balaban J connectivity index is 1.61. The maximum Gasteiger partial charge on any atom is 0.199 e. The normalized spacial score (nSPS) is 27.0. The molecule has 0 bridgehead atoms. The third-order valence-corrected chi connectivity index (χ3v) is 6.53. The summed E-state index contributed by atoms with van der Waals surface area (Å²) in [5.74, 6) is 2.42. The minimum atomic E-state index is -1.17. The lowest BCUT2D eigenvalue weighted by Crippen LogP contribution is -2.24. The minimum absolute atomic E-state index is 0.106. The van der Waals surface area contributed by atoms with E-state index in [1.54, 1.807) is 0 Å². The van der Waals surface area contributed by atoms with E-state index in [1.807, 2.05) is 6.08 Å². The minimum Gasteiger partial charge on any atom is -0.439 e. The van der Waals surface area contributed by atoms with E-state index in [-0.39, 0.29) is 11.8 Å². The SMILES string of the molecule is Clc1nc(C2CCC(C(Cl)(Cl)Cl)CC2)oc1/C=C/C1CCCCC1. The number of nitrogens with zero attached hydrogens (tertiary/aromatic N) is 1. The summed E-state index contributed by atoms with van der Waals surface area (Å²) in [6.45, 7) is 0. The lowest BCUT2D eigenvalue weighted by Gasteiger charge is -2.31. The van der Waals surface area contributed by atoms with Crippen LogP contribution in [0.4, 0.5) is 0 Å². The molecule has 1 aromatic rings. The summed E-state index contributed by atoms with van der Waals surface area (Å²) < 4.78 is 4.76. The van der Waals surface area contributed by atoms with E-state index >= 15 is 0 Å². The zero-order valence-electron chi connectivity index (χ0n) is 13.6. The summed E-state index contributed by atoms with van der Waals surface area (Å²) in [4.78, 5) is 4.43. The first kappa shape index (κ1) is 18.9. The summed E-state index contributed by atoms with van der Waals surface area (Å²) in [5, 5.41) is 0.459. The topological polar surface area (TPSA) is 26.0 Å². The van der Waals surface area contributed by atoms with Gasteiger partial charge in [-0.2, -0.15) is 0 Å². The quantitative estimate of drug-likeness (QED) is 0.480. The molecule has 3 rings (SSSR count). The fraction of sp³-hybridized carbons (Fsp3) is 0.722. The van der Waals surface area contributed by atoms with Gasteiger partial charge in [-0.1, -0.05) is 71.7 Å². The van der Waals surface area contributed by atoms with Gasteiger partial charge >= 0.3 is 0 Å². The van der Waals surface area contributed by atoms with Crippen LogP contribution in [0.1, 0.15) is 75.4 Å². The number of rotatable bonds is 3. The first-order valence-electron chi connectivity index (χ1n) is 8.84. The van der Waals surface area contributed by atoms with Crippen LogP contribution in [-0.2, 0) is 0 Å². The Morgan fingerprint density at radius 1 is 0.958 bits per heavy atom. The Kier molecular flexibility index (Phi) is 6.46. The second kappa shape index (κ2) is 8.20. The lowest BCUT2D eigenvalue weighted by atomic mass is 9.82. The maximum absolute atomic E-state index is 6.26. The van der Waals surface area contributed by atoms with E-state index in [1.165, 1.54) is 32.1 Å². The van der Waals surface area contributed by atoms with Crippen LogP contribution >= 0.6 is 46.4 Å². The molecule has 0 spiro atoms. The van der Waals surface area contributed by atoms with Crippen LogP contribution in [-0.4, -0.2) is 8.78 Å². The second-order valence-corrected chi connectivity index (χ2v) is 9.78. The van der Waals surface area contributed by atoms with Crippen molar-refractivity contribution in [3.05, 3.63) is 22.9 Å². The smallest absolute Gasteiger partial charge is 0.199 e. The average molecular weight is 411 g/mol. The molecular weight excluding hydrogens is 388 g/mol. The van der Waals surface area contributed by atoms with Crippen LogP contribution in [0.5, 0.6) is 0 Å². The molecule has 2 nitrogen and oxygen atoms in total. The predicted octanol–water partition coefficient (Wildman–Crippen LogP) is 7.57. The maximum atomic E-state index is 6.26. The molecule has 0 atom stereocenters. The van der Waals surface area contributed by atoms with Gasteiger partial charge in [0, 0.05) is 11.8 Å². The van der Waals surface area contributed by atoms with Crippen LogP contribution in [0.3, 0.4) is 0 Å². The van der Waals surface area contributed by atoms with E-state index in [0.29, 0.717) is 16.8 Å². The van der Waals surface area contributed by atoms with Gasteiger partial charge in [-0.25, -0.2) is 4.98 Å². The Hall–Kier alpha value is 0.110. The van der Waals surface area contributed by atoms with E-state index in [4.69, 9.17) is 50.8 Å². The molecule has 24 heavy (non-hydrogen) atoms. The van der Waals surface area contributed by atoms with Crippen molar-refractivity contribution < 1.29 is 4.42 Å². The third kappa shape index (κ3) is 4.84. The molecule has 0 aromatic carbocycles. The van der Waals surface area contributed by atoms with Gasteiger partial charge < -0.3 is 4.42 Å². The third-order valence-electron chi connectivity index (χ3n) is 5.34. The van der Waals surface area contributed by atoms with Crippen LogP contribution in [0.15, 0.2) is 10.5 Å². The number of hydrogen-bond acceptors (Lipinski definition) is 2. The van der Waals surface area contributed by atoms with Crippen LogP contribution in [0, 0.1) is 11.8 Å². The number of aromatic nitrogens is 1. The summed E-state index contributed by atoms with van der Waals surface area (Å²) in [5.41, 5.74) is 0. The molecule has 0 radical (unpaired) electrons. The number of oxazole rings is 1. The lowest BCUT2D eigenvalue weighted by molar-refractivity contribution is 0.294. The van der Waals surface area contributed by atoms with E-state index in [2.05, 4.69) is 11.1 Å². The molecular formula is C18H23Cl4NO. The van der Waals surface area contributed by atoms with Crippen molar-refractivity contribution in [3.8, 4) is 0 Å². The molecule has 0 unspecified atom stereocenters. The van der Waals surface area contributed by atoms with Crippen molar-refractivity contribution in [1.29, 1.82) is 0 Å².